The number of hydrazine groups is 1. The summed E-state index contributed by atoms with van der Waals surface area (Å²) in [6.07, 6.45) is 15.4. The molecule has 200 valence electrons. The summed E-state index contributed by atoms with van der Waals surface area (Å²) in [5.41, 5.74) is 3.30. The fourth-order valence-electron chi connectivity index (χ4n) is 6.04. The quantitative estimate of drug-likeness (QED) is 0.515. The summed E-state index contributed by atoms with van der Waals surface area (Å²) in [6, 6.07) is 0.0253. The number of amides is 2. The molecule has 2 aliphatic carbocycles. The molecule has 4 aliphatic rings. The molecule has 2 saturated heterocycles. The van der Waals surface area contributed by atoms with Gasteiger partial charge < -0.3 is 19.7 Å². The van der Waals surface area contributed by atoms with Crippen molar-refractivity contribution in [3.05, 3.63) is 0 Å². The van der Waals surface area contributed by atoms with Gasteiger partial charge >= 0.3 is 0 Å². The van der Waals surface area contributed by atoms with Crippen molar-refractivity contribution in [3.8, 4) is 0 Å². The number of hydrogen-bond acceptors (Lipinski definition) is 6. The molecular weight excluding hydrogens is 444 g/mol. The lowest BCUT2D eigenvalue weighted by Gasteiger charge is -2.30. The zero-order valence-corrected chi connectivity index (χ0v) is 21.8. The van der Waals surface area contributed by atoms with E-state index in [1.165, 1.54) is 44.9 Å². The molecule has 8 heteroatoms. The molecule has 0 aromatic heterocycles. The zero-order valence-electron chi connectivity index (χ0n) is 21.8. The Bertz CT molecular complexity index is 664. The van der Waals surface area contributed by atoms with Gasteiger partial charge in [0.15, 0.2) is 0 Å². The van der Waals surface area contributed by atoms with Gasteiger partial charge in [-0.25, -0.2) is 5.01 Å². The van der Waals surface area contributed by atoms with E-state index in [4.69, 9.17) is 9.47 Å². The lowest BCUT2D eigenvalue weighted by atomic mass is 9.89. The minimum atomic E-state index is 0.0253. The fourth-order valence-corrected chi connectivity index (χ4v) is 6.04. The molecule has 4 rings (SSSR count). The predicted octanol–water partition coefficient (Wildman–Crippen LogP) is 3.01. The lowest BCUT2D eigenvalue weighted by Crippen LogP contribution is -2.46. The Morgan fingerprint density at radius 3 is 2.43 bits per heavy atom. The Kier molecular flexibility index (Phi) is 10.7. The van der Waals surface area contributed by atoms with Crippen molar-refractivity contribution in [1.29, 1.82) is 0 Å². The second kappa shape index (κ2) is 13.9. The number of likely N-dealkylation sites (tertiary alicyclic amines) is 1. The first-order valence-electron chi connectivity index (χ1n) is 14.4. The molecule has 0 spiro atoms. The average Bonchev–Trinajstić information content (AvgIpc) is 3.14. The maximum Gasteiger partial charge on any atom is 0.238 e. The molecule has 2 heterocycles. The standard InChI is InChI=1S/C27H48N4O4/c1-21-10-12-23(13-11-21)34-16-14-26(32)29-22-17-28-31(18-22)20-27(33)30-15-6-5-9-25(19-30)35-24-7-3-2-4-8-24/h21-25,28H,2-20H2,1H3,(H,29,32). The van der Waals surface area contributed by atoms with Crippen LogP contribution in [0.15, 0.2) is 0 Å². The van der Waals surface area contributed by atoms with E-state index in [1.807, 2.05) is 9.91 Å². The molecular formula is C27H48N4O4. The van der Waals surface area contributed by atoms with E-state index >= 15 is 0 Å². The molecule has 2 atom stereocenters. The summed E-state index contributed by atoms with van der Waals surface area (Å²) in [7, 11) is 0. The van der Waals surface area contributed by atoms with Crippen molar-refractivity contribution < 1.29 is 19.1 Å². The van der Waals surface area contributed by atoms with Crippen LogP contribution >= 0.6 is 0 Å². The van der Waals surface area contributed by atoms with E-state index in [0.717, 1.165) is 44.6 Å². The van der Waals surface area contributed by atoms with E-state index < -0.39 is 0 Å². The van der Waals surface area contributed by atoms with Gasteiger partial charge in [0, 0.05) is 32.6 Å². The molecule has 2 amide bonds. The molecule has 35 heavy (non-hydrogen) atoms. The molecule has 2 unspecified atom stereocenters. The monoisotopic (exact) mass is 492 g/mol. The van der Waals surface area contributed by atoms with E-state index in [1.54, 1.807) is 0 Å². The number of carbonyl (C=O) groups is 2. The third kappa shape index (κ3) is 8.99. The summed E-state index contributed by atoms with van der Waals surface area (Å²) >= 11 is 0. The van der Waals surface area contributed by atoms with Crippen LogP contribution < -0.4 is 10.7 Å². The molecule has 0 aromatic rings. The number of ether oxygens (including phenoxy) is 2. The second-order valence-corrected chi connectivity index (χ2v) is 11.4. The highest BCUT2D eigenvalue weighted by Gasteiger charge is 2.29. The highest BCUT2D eigenvalue weighted by molar-refractivity contribution is 5.78. The van der Waals surface area contributed by atoms with Crippen LogP contribution in [0.2, 0.25) is 0 Å². The molecule has 2 N–H and O–H groups in total. The highest BCUT2D eigenvalue weighted by atomic mass is 16.5. The van der Waals surface area contributed by atoms with E-state index in [9.17, 15) is 9.59 Å². The third-order valence-corrected chi connectivity index (χ3v) is 8.26. The van der Waals surface area contributed by atoms with Gasteiger partial charge in [-0.3, -0.25) is 15.0 Å². The smallest absolute Gasteiger partial charge is 0.238 e. The topological polar surface area (TPSA) is 83.1 Å². The Balaban J connectivity index is 1.12. The molecule has 4 fully saturated rings. The van der Waals surface area contributed by atoms with Gasteiger partial charge in [-0.2, -0.15) is 0 Å². The Hall–Kier alpha value is -1.22. The van der Waals surface area contributed by atoms with Gasteiger partial charge in [-0.1, -0.05) is 26.2 Å². The molecule has 8 nitrogen and oxygen atoms in total. The number of rotatable bonds is 9. The molecule has 0 radical (unpaired) electrons. The Morgan fingerprint density at radius 1 is 0.886 bits per heavy atom. The maximum absolute atomic E-state index is 13.1. The van der Waals surface area contributed by atoms with Crippen LogP contribution in [0, 0.1) is 5.92 Å². The fraction of sp³-hybridized carbons (Fsp3) is 0.926. The first-order valence-corrected chi connectivity index (χ1v) is 14.4. The van der Waals surface area contributed by atoms with Crippen LogP contribution in [0.1, 0.15) is 90.4 Å². The summed E-state index contributed by atoms with van der Waals surface area (Å²) in [4.78, 5) is 27.4. The van der Waals surface area contributed by atoms with Crippen LogP contribution in [-0.2, 0) is 19.1 Å². The third-order valence-electron chi connectivity index (χ3n) is 8.26. The van der Waals surface area contributed by atoms with Crippen molar-refractivity contribution >= 4 is 11.8 Å². The molecule has 0 bridgehead atoms. The lowest BCUT2D eigenvalue weighted by molar-refractivity contribution is -0.135. The number of carbonyl (C=O) groups excluding carboxylic acids is 2. The summed E-state index contributed by atoms with van der Waals surface area (Å²) < 4.78 is 12.3. The van der Waals surface area contributed by atoms with Gasteiger partial charge in [0.05, 0.1) is 37.5 Å². The number of nitrogens with zero attached hydrogens (tertiary/aromatic N) is 2. The normalized spacial score (nSPS) is 31.3. The Labute approximate surface area is 211 Å². The van der Waals surface area contributed by atoms with Gasteiger partial charge in [-0.15, -0.1) is 0 Å². The Morgan fingerprint density at radius 2 is 1.63 bits per heavy atom. The largest absolute Gasteiger partial charge is 0.378 e. The van der Waals surface area contributed by atoms with Crippen molar-refractivity contribution in [2.75, 3.05) is 39.3 Å². The first kappa shape index (κ1) is 26.8. The van der Waals surface area contributed by atoms with Gasteiger partial charge in [-0.05, 0) is 63.7 Å². The van der Waals surface area contributed by atoms with Crippen LogP contribution in [0.25, 0.3) is 0 Å². The van der Waals surface area contributed by atoms with E-state index in [0.29, 0.717) is 51.4 Å². The molecule has 0 aromatic carbocycles. The van der Waals surface area contributed by atoms with E-state index in [-0.39, 0.29) is 24.0 Å². The minimum Gasteiger partial charge on any atom is -0.378 e. The minimum absolute atomic E-state index is 0.0253. The van der Waals surface area contributed by atoms with Crippen LogP contribution in [0.5, 0.6) is 0 Å². The average molecular weight is 493 g/mol. The molecule has 2 aliphatic heterocycles. The maximum atomic E-state index is 13.1. The van der Waals surface area contributed by atoms with Crippen LogP contribution in [-0.4, -0.2) is 85.4 Å². The van der Waals surface area contributed by atoms with Crippen LogP contribution in [0.3, 0.4) is 0 Å². The predicted molar refractivity (Wildman–Crippen MR) is 136 cm³/mol. The SMILES string of the molecule is CC1CCC(OCCC(=O)NC2CNN(CC(=O)N3CCCCC(OC4CCCCC4)C3)C2)CC1. The molecule has 2 saturated carbocycles. The first-order chi connectivity index (χ1) is 17.0. The summed E-state index contributed by atoms with van der Waals surface area (Å²) in [6.45, 7) is 5.97. The van der Waals surface area contributed by atoms with Crippen molar-refractivity contribution in [2.24, 2.45) is 5.92 Å². The number of hydrogen-bond donors (Lipinski definition) is 2. The second-order valence-electron chi connectivity index (χ2n) is 11.4. The highest BCUT2D eigenvalue weighted by Crippen LogP contribution is 2.26. The van der Waals surface area contributed by atoms with Gasteiger partial charge in [0.25, 0.3) is 0 Å². The van der Waals surface area contributed by atoms with Crippen molar-refractivity contribution in [1.82, 2.24) is 20.7 Å². The number of nitrogens with one attached hydrogen (secondary N) is 2. The van der Waals surface area contributed by atoms with Gasteiger partial charge in [0.1, 0.15) is 0 Å². The summed E-state index contributed by atoms with van der Waals surface area (Å²) in [5, 5.41) is 5.05. The summed E-state index contributed by atoms with van der Waals surface area (Å²) in [5.74, 6) is 0.988. The van der Waals surface area contributed by atoms with E-state index in [2.05, 4.69) is 17.7 Å². The zero-order chi connectivity index (χ0) is 24.5. The van der Waals surface area contributed by atoms with Crippen LogP contribution in [0.4, 0.5) is 0 Å². The van der Waals surface area contributed by atoms with Crippen molar-refractivity contribution in [2.45, 2.75) is 115 Å². The van der Waals surface area contributed by atoms with Crippen molar-refractivity contribution in [3.63, 3.8) is 0 Å². The van der Waals surface area contributed by atoms with Gasteiger partial charge in [0.2, 0.25) is 11.8 Å².